The van der Waals surface area contributed by atoms with E-state index in [0.717, 1.165) is 17.9 Å². The Hall–Kier alpha value is -0.960. The summed E-state index contributed by atoms with van der Waals surface area (Å²) in [5, 5.41) is 10.2. The van der Waals surface area contributed by atoms with Crippen LogP contribution >= 0.6 is 11.3 Å². The highest BCUT2D eigenvalue weighted by Gasteiger charge is 2.27. The van der Waals surface area contributed by atoms with Gasteiger partial charge in [-0.1, -0.05) is 6.92 Å². The molecule has 0 aromatic carbocycles. The Labute approximate surface area is 122 Å². The Kier molecular flexibility index (Phi) is 4.79. The normalized spacial score (nSPS) is 15.7. The van der Waals surface area contributed by atoms with Crippen LogP contribution in [-0.2, 0) is 10.0 Å². The van der Waals surface area contributed by atoms with Gasteiger partial charge in [0, 0.05) is 24.5 Å². The molecule has 8 heteroatoms. The third-order valence-electron chi connectivity index (χ3n) is 3.26. The molecule has 112 valence electrons. The second kappa shape index (κ2) is 6.21. The Balaban J connectivity index is 1.91. The van der Waals surface area contributed by atoms with Crippen LogP contribution in [0, 0.1) is 0 Å². The van der Waals surface area contributed by atoms with Gasteiger partial charge < -0.3 is 5.11 Å². The molecule has 0 amide bonds. The predicted octanol–water partition coefficient (Wildman–Crippen LogP) is 1.21. The van der Waals surface area contributed by atoms with Crippen LogP contribution in [0.3, 0.4) is 0 Å². The standard InChI is InChI=1S/C12H18N2O4S2/c1-2-14(9-3-4-9)6-5-13-20(17,18)10-7-11(12(15)16)19-8-10/h7-9,13H,2-6H2,1H3,(H,15,16). The molecule has 0 saturated heterocycles. The number of nitrogens with one attached hydrogen (secondary N) is 1. The van der Waals surface area contributed by atoms with E-state index in [-0.39, 0.29) is 9.77 Å². The van der Waals surface area contributed by atoms with E-state index in [2.05, 4.69) is 16.5 Å². The van der Waals surface area contributed by atoms with Crippen molar-refractivity contribution < 1.29 is 18.3 Å². The highest BCUT2D eigenvalue weighted by atomic mass is 32.2. The Morgan fingerprint density at radius 2 is 2.25 bits per heavy atom. The number of nitrogens with zero attached hydrogens (tertiary/aromatic N) is 1. The third kappa shape index (κ3) is 3.78. The Bertz CT molecular complexity index is 578. The summed E-state index contributed by atoms with van der Waals surface area (Å²) in [5.41, 5.74) is 0. The van der Waals surface area contributed by atoms with E-state index in [1.807, 2.05) is 0 Å². The molecule has 1 aromatic rings. The average Bonchev–Trinajstić information content (AvgIpc) is 3.08. The molecule has 0 radical (unpaired) electrons. The molecule has 1 aliphatic carbocycles. The van der Waals surface area contributed by atoms with Crippen molar-refractivity contribution in [1.29, 1.82) is 0 Å². The minimum absolute atomic E-state index is 0.0226. The van der Waals surface area contributed by atoms with Gasteiger partial charge in [0.05, 0.1) is 4.90 Å². The van der Waals surface area contributed by atoms with Gasteiger partial charge in [-0.25, -0.2) is 17.9 Å². The van der Waals surface area contributed by atoms with E-state index in [4.69, 9.17) is 5.11 Å². The zero-order chi connectivity index (χ0) is 14.8. The minimum atomic E-state index is -3.61. The fourth-order valence-corrected chi connectivity index (χ4v) is 4.15. The second-order valence-electron chi connectivity index (χ2n) is 4.71. The molecule has 0 unspecified atom stereocenters. The summed E-state index contributed by atoms with van der Waals surface area (Å²) in [6.07, 6.45) is 2.38. The van der Waals surface area contributed by atoms with E-state index in [1.54, 1.807) is 0 Å². The maximum absolute atomic E-state index is 12.0. The van der Waals surface area contributed by atoms with Crippen LogP contribution in [-0.4, -0.2) is 50.1 Å². The topological polar surface area (TPSA) is 86.7 Å². The second-order valence-corrected chi connectivity index (χ2v) is 7.39. The molecule has 6 nitrogen and oxygen atoms in total. The highest BCUT2D eigenvalue weighted by Crippen LogP contribution is 2.26. The van der Waals surface area contributed by atoms with Crippen molar-refractivity contribution in [3.05, 3.63) is 16.3 Å². The number of carbonyl (C=O) groups is 1. The fourth-order valence-electron chi connectivity index (χ4n) is 2.02. The lowest BCUT2D eigenvalue weighted by molar-refractivity contribution is 0.0702. The lowest BCUT2D eigenvalue weighted by Crippen LogP contribution is -2.36. The Morgan fingerprint density at radius 3 is 2.75 bits per heavy atom. The molecular formula is C12H18N2O4S2. The quantitative estimate of drug-likeness (QED) is 0.752. The van der Waals surface area contributed by atoms with E-state index in [9.17, 15) is 13.2 Å². The van der Waals surface area contributed by atoms with Gasteiger partial charge in [0.1, 0.15) is 4.88 Å². The van der Waals surface area contributed by atoms with E-state index < -0.39 is 16.0 Å². The van der Waals surface area contributed by atoms with Crippen LogP contribution < -0.4 is 4.72 Å². The molecule has 2 N–H and O–H groups in total. The fraction of sp³-hybridized carbons (Fsp3) is 0.583. The summed E-state index contributed by atoms with van der Waals surface area (Å²) in [4.78, 5) is 13.1. The highest BCUT2D eigenvalue weighted by molar-refractivity contribution is 7.89. The summed E-state index contributed by atoms with van der Waals surface area (Å²) in [6, 6.07) is 1.79. The van der Waals surface area contributed by atoms with Crippen LogP contribution in [0.15, 0.2) is 16.3 Å². The van der Waals surface area contributed by atoms with Crippen molar-refractivity contribution in [2.24, 2.45) is 0 Å². The van der Waals surface area contributed by atoms with Gasteiger partial charge in [-0.05, 0) is 25.5 Å². The molecule has 0 spiro atoms. The molecular weight excluding hydrogens is 300 g/mol. The first-order chi connectivity index (χ1) is 9.44. The Morgan fingerprint density at radius 1 is 1.55 bits per heavy atom. The zero-order valence-electron chi connectivity index (χ0n) is 11.2. The molecule has 1 aliphatic rings. The first-order valence-electron chi connectivity index (χ1n) is 6.49. The molecule has 1 aromatic heterocycles. The maximum atomic E-state index is 12.0. The third-order valence-corrected chi connectivity index (χ3v) is 5.76. The summed E-state index contributed by atoms with van der Waals surface area (Å²) in [7, 11) is -3.61. The molecule has 0 atom stereocenters. The van der Waals surface area contributed by atoms with Gasteiger partial charge in [-0.3, -0.25) is 4.90 Å². The van der Waals surface area contributed by atoms with Gasteiger partial charge in [0.15, 0.2) is 0 Å². The van der Waals surface area contributed by atoms with Crippen LogP contribution in [0.5, 0.6) is 0 Å². The van der Waals surface area contributed by atoms with Gasteiger partial charge in [-0.2, -0.15) is 0 Å². The van der Waals surface area contributed by atoms with E-state index in [1.165, 1.54) is 24.3 Å². The summed E-state index contributed by atoms with van der Waals surface area (Å²) >= 11 is 0.915. The SMILES string of the molecule is CCN(CCNS(=O)(=O)c1csc(C(=O)O)c1)C1CC1. The molecule has 1 fully saturated rings. The molecule has 2 rings (SSSR count). The number of carboxylic acid groups (broad SMARTS) is 1. The van der Waals surface area contributed by atoms with Crippen LogP contribution in [0.25, 0.3) is 0 Å². The smallest absolute Gasteiger partial charge is 0.345 e. The monoisotopic (exact) mass is 318 g/mol. The van der Waals surface area contributed by atoms with Crippen molar-refractivity contribution in [3.63, 3.8) is 0 Å². The molecule has 1 saturated carbocycles. The van der Waals surface area contributed by atoms with Crippen LogP contribution in [0.4, 0.5) is 0 Å². The largest absolute Gasteiger partial charge is 0.477 e. The average molecular weight is 318 g/mol. The minimum Gasteiger partial charge on any atom is -0.477 e. The van der Waals surface area contributed by atoms with Crippen molar-refractivity contribution in [1.82, 2.24) is 9.62 Å². The number of hydrogen-bond acceptors (Lipinski definition) is 5. The first-order valence-corrected chi connectivity index (χ1v) is 8.86. The number of rotatable bonds is 8. The lowest BCUT2D eigenvalue weighted by Gasteiger charge is -2.19. The first kappa shape index (κ1) is 15.4. The van der Waals surface area contributed by atoms with Crippen LogP contribution in [0.1, 0.15) is 29.4 Å². The number of carboxylic acids is 1. The zero-order valence-corrected chi connectivity index (χ0v) is 12.8. The molecule has 0 bridgehead atoms. The number of likely N-dealkylation sites (N-methyl/N-ethyl adjacent to an activating group) is 1. The number of thiophene rings is 1. The maximum Gasteiger partial charge on any atom is 0.345 e. The summed E-state index contributed by atoms with van der Waals surface area (Å²) < 4.78 is 26.5. The van der Waals surface area contributed by atoms with Gasteiger partial charge in [0.25, 0.3) is 0 Å². The molecule has 1 heterocycles. The van der Waals surface area contributed by atoms with Gasteiger partial charge >= 0.3 is 5.97 Å². The number of sulfonamides is 1. The summed E-state index contributed by atoms with van der Waals surface area (Å²) in [5.74, 6) is -1.11. The van der Waals surface area contributed by atoms with E-state index in [0.29, 0.717) is 19.1 Å². The van der Waals surface area contributed by atoms with Crippen LogP contribution in [0.2, 0.25) is 0 Å². The van der Waals surface area contributed by atoms with E-state index >= 15 is 0 Å². The van der Waals surface area contributed by atoms with Crippen molar-refractivity contribution >= 4 is 27.3 Å². The van der Waals surface area contributed by atoms with Crippen molar-refractivity contribution in [2.75, 3.05) is 19.6 Å². The summed E-state index contributed by atoms with van der Waals surface area (Å²) in [6.45, 7) is 3.99. The van der Waals surface area contributed by atoms with Gasteiger partial charge in [0.2, 0.25) is 10.0 Å². The van der Waals surface area contributed by atoms with Gasteiger partial charge in [-0.15, -0.1) is 11.3 Å². The molecule has 0 aliphatic heterocycles. The predicted molar refractivity (Wildman–Crippen MR) is 76.7 cm³/mol. The number of hydrogen-bond donors (Lipinski definition) is 2. The van der Waals surface area contributed by atoms with Crippen molar-refractivity contribution in [3.8, 4) is 0 Å². The van der Waals surface area contributed by atoms with Crippen molar-refractivity contribution in [2.45, 2.75) is 30.7 Å². The number of aromatic carboxylic acids is 1. The lowest BCUT2D eigenvalue weighted by atomic mass is 10.4. The molecule has 20 heavy (non-hydrogen) atoms.